The minimum Gasteiger partial charge on any atom is -0.476 e. The lowest BCUT2D eigenvalue weighted by Crippen LogP contribution is -2.11. The normalized spacial score (nSPS) is 11.4. The summed E-state index contributed by atoms with van der Waals surface area (Å²) < 4.78 is 49.2. The van der Waals surface area contributed by atoms with Gasteiger partial charge in [0.25, 0.3) is 0 Å². The third-order valence-corrected chi connectivity index (χ3v) is 4.08. The molecule has 0 atom stereocenters. The average molecular weight is 441 g/mol. The first-order chi connectivity index (χ1) is 14.2. The van der Waals surface area contributed by atoms with Crippen LogP contribution in [0.4, 0.5) is 13.2 Å². The number of alkyl halides is 3. The van der Waals surface area contributed by atoms with Crippen LogP contribution in [0.3, 0.4) is 0 Å². The molecule has 158 valence electrons. The second-order valence-electron chi connectivity index (χ2n) is 6.16. The summed E-state index contributed by atoms with van der Waals surface area (Å²) in [4.78, 5) is 26.9. The predicted molar refractivity (Wildman–Crippen MR) is 101 cm³/mol. The van der Waals surface area contributed by atoms with Crippen LogP contribution < -0.4 is 4.74 Å². The van der Waals surface area contributed by atoms with E-state index in [2.05, 4.69) is 19.9 Å². The standard InChI is InChI=1S/C19H16ClF3N4O3/c1-11-16(18(28)30-7-3-6-29-15-10-24-9-14(20)26-15)27-17(25-11)12-4-2-5-13(8-12)19(21,22)23/h2,4-5,8-10H,3,6-7H2,1H3,(H,25,27). The molecule has 0 aliphatic carbocycles. The third kappa shape index (κ3) is 5.47. The fourth-order valence-electron chi connectivity index (χ4n) is 2.50. The molecule has 0 fully saturated rings. The van der Waals surface area contributed by atoms with E-state index in [9.17, 15) is 18.0 Å². The van der Waals surface area contributed by atoms with Gasteiger partial charge in [0.05, 0.1) is 31.2 Å². The van der Waals surface area contributed by atoms with Crippen molar-refractivity contribution in [2.75, 3.05) is 13.2 Å². The van der Waals surface area contributed by atoms with Gasteiger partial charge < -0.3 is 14.5 Å². The first-order valence-corrected chi connectivity index (χ1v) is 9.13. The van der Waals surface area contributed by atoms with Crippen molar-refractivity contribution in [1.82, 2.24) is 19.9 Å². The van der Waals surface area contributed by atoms with Crippen LogP contribution >= 0.6 is 11.6 Å². The van der Waals surface area contributed by atoms with E-state index in [4.69, 9.17) is 21.1 Å². The van der Waals surface area contributed by atoms with E-state index in [-0.39, 0.29) is 41.3 Å². The molecular formula is C19H16ClF3N4O3. The first kappa shape index (κ1) is 21.6. The molecule has 7 nitrogen and oxygen atoms in total. The Kier molecular flexibility index (Phi) is 6.56. The van der Waals surface area contributed by atoms with Gasteiger partial charge in [0.1, 0.15) is 5.82 Å². The first-order valence-electron chi connectivity index (χ1n) is 8.76. The van der Waals surface area contributed by atoms with E-state index in [0.29, 0.717) is 12.1 Å². The molecular weight excluding hydrogens is 425 g/mol. The fourth-order valence-corrected chi connectivity index (χ4v) is 2.64. The van der Waals surface area contributed by atoms with Gasteiger partial charge in [-0.1, -0.05) is 23.7 Å². The molecule has 0 unspecified atom stereocenters. The molecule has 0 saturated carbocycles. The van der Waals surface area contributed by atoms with Gasteiger partial charge in [-0.15, -0.1) is 0 Å². The van der Waals surface area contributed by atoms with E-state index < -0.39 is 17.7 Å². The number of nitrogens with one attached hydrogen (secondary N) is 1. The van der Waals surface area contributed by atoms with Crippen LogP contribution in [0.15, 0.2) is 36.7 Å². The van der Waals surface area contributed by atoms with E-state index in [1.165, 1.54) is 24.5 Å². The van der Waals surface area contributed by atoms with Crippen molar-refractivity contribution in [2.24, 2.45) is 0 Å². The molecule has 0 aliphatic heterocycles. The molecule has 2 heterocycles. The number of aromatic amines is 1. The van der Waals surface area contributed by atoms with Gasteiger partial charge in [0.15, 0.2) is 10.8 Å². The molecule has 11 heteroatoms. The van der Waals surface area contributed by atoms with E-state index in [0.717, 1.165) is 12.1 Å². The Hall–Kier alpha value is -3.14. The SMILES string of the molecule is Cc1[nH]c(-c2cccc(C(F)(F)F)c2)nc1C(=O)OCCCOc1cncc(Cl)n1. The molecule has 0 bridgehead atoms. The maximum Gasteiger partial charge on any atom is 0.416 e. The number of carbonyl (C=O) groups is 1. The predicted octanol–water partition coefficient (Wildman–Crippen LogP) is 4.47. The zero-order chi connectivity index (χ0) is 21.7. The Labute approximate surface area is 174 Å². The molecule has 1 aromatic carbocycles. The molecule has 0 amide bonds. The summed E-state index contributed by atoms with van der Waals surface area (Å²) in [5, 5.41) is 0.199. The second-order valence-corrected chi connectivity index (χ2v) is 6.54. The van der Waals surface area contributed by atoms with Crippen molar-refractivity contribution < 1.29 is 27.4 Å². The molecule has 3 rings (SSSR count). The zero-order valence-corrected chi connectivity index (χ0v) is 16.4. The molecule has 30 heavy (non-hydrogen) atoms. The Bertz CT molecular complexity index is 1040. The summed E-state index contributed by atoms with van der Waals surface area (Å²) in [5.41, 5.74) is -0.201. The lowest BCUT2D eigenvalue weighted by molar-refractivity contribution is -0.137. The van der Waals surface area contributed by atoms with Crippen LogP contribution in [-0.4, -0.2) is 39.1 Å². The molecule has 0 radical (unpaired) electrons. The van der Waals surface area contributed by atoms with Gasteiger partial charge in [-0.05, 0) is 19.1 Å². The van der Waals surface area contributed by atoms with Gasteiger partial charge in [-0.3, -0.25) is 4.98 Å². The number of rotatable bonds is 7. The number of imidazole rings is 1. The molecule has 2 aromatic heterocycles. The fraction of sp³-hybridized carbons (Fsp3) is 0.263. The number of ether oxygens (including phenoxy) is 2. The number of carbonyl (C=O) groups excluding carboxylic acids is 1. The van der Waals surface area contributed by atoms with Gasteiger partial charge in [0, 0.05) is 17.7 Å². The third-order valence-electron chi connectivity index (χ3n) is 3.90. The Morgan fingerprint density at radius 2 is 2.00 bits per heavy atom. The number of halogens is 4. The smallest absolute Gasteiger partial charge is 0.416 e. The van der Waals surface area contributed by atoms with Crippen LogP contribution in [-0.2, 0) is 10.9 Å². The summed E-state index contributed by atoms with van der Waals surface area (Å²) in [6.45, 7) is 1.86. The number of nitrogens with zero attached hydrogens (tertiary/aromatic N) is 3. The summed E-state index contributed by atoms with van der Waals surface area (Å²) in [6, 6.07) is 4.67. The number of hydrogen-bond acceptors (Lipinski definition) is 6. The molecule has 3 aromatic rings. The summed E-state index contributed by atoms with van der Waals surface area (Å²) in [5.74, 6) is -0.291. The van der Waals surface area contributed by atoms with Gasteiger partial charge in [-0.2, -0.15) is 18.2 Å². The Balaban J connectivity index is 1.56. The average Bonchev–Trinajstić information content (AvgIpc) is 3.09. The highest BCUT2D eigenvalue weighted by Crippen LogP contribution is 2.31. The van der Waals surface area contributed by atoms with Crippen molar-refractivity contribution in [3.8, 4) is 17.3 Å². The highest BCUT2D eigenvalue weighted by atomic mass is 35.5. The number of hydrogen-bond donors (Lipinski definition) is 1. The largest absolute Gasteiger partial charge is 0.476 e. The topological polar surface area (TPSA) is 90.0 Å². The maximum atomic E-state index is 12.9. The number of H-pyrrole nitrogens is 1. The highest BCUT2D eigenvalue weighted by molar-refractivity contribution is 6.29. The number of aryl methyl sites for hydroxylation is 1. The minimum absolute atomic E-state index is 0.00374. The number of benzene rings is 1. The summed E-state index contributed by atoms with van der Waals surface area (Å²) >= 11 is 5.70. The van der Waals surface area contributed by atoms with Gasteiger partial charge in [0.2, 0.25) is 5.88 Å². The molecule has 0 aliphatic rings. The monoisotopic (exact) mass is 440 g/mol. The summed E-state index contributed by atoms with van der Waals surface area (Å²) in [7, 11) is 0. The van der Waals surface area contributed by atoms with E-state index >= 15 is 0 Å². The lowest BCUT2D eigenvalue weighted by atomic mass is 10.1. The highest BCUT2D eigenvalue weighted by Gasteiger charge is 2.30. The number of esters is 1. The van der Waals surface area contributed by atoms with E-state index in [1.807, 2.05) is 0 Å². The zero-order valence-electron chi connectivity index (χ0n) is 15.7. The minimum atomic E-state index is -4.47. The maximum absolute atomic E-state index is 12.9. The second kappa shape index (κ2) is 9.12. The molecule has 1 N–H and O–H groups in total. The van der Waals surface area contributed by atoms with Crippen molar-refractivity contribution >= 4 is 17.6 Å². The Morgan fingerprint density at radius 1 is 1.20 bits per heavy atom. The molecule has 0 spiro atoms. The van der Waals surface area contributed by atoms with Crippen LogP contribution in [0, 0.1) is 6.92 Å². The van der Waals surface area contributed by atoms with Crippen molar-refractivity contribution in [1.29, 1.82) is 0 Å². The van der Waals surface area contributed by atoms with Crippen LogP contribution in [0.5, 0.6) is 5.88 Å². The van der Waals surface area contributed by atoms with Crippen molar-refractivity contribution in [3.05, 3.63) is 58.8 Å². The van der Waals surface area contributed by atoms with Gasteiger partial charge in [-0.25, -0.2) is 9.78 Å². The van der Waals surface area contributed by atoms with Crippen LogP contribution in [0.25, 0.3) is 11.4 Å². The van der Waals surface area contributed by atoms with E-state index in [1.54, 1.807) is 6.92 Å². The van der Waals surface area contributed by atoms with Crippen molar-refractivity contribution in [2.45, 2.75) is 19.5 Å². The molecule has 0 saturated heterocycles. The summed E-state index contributed by atoms with van der Waals surface area (Å²) in [6.07, 6.45) is -1.32. The van der Waals surface area contributed by atoms with Gasteiger partial charge >= 0.3 is 12.1 Å². The quantitative estimate of drug-likeness (QED) is 0.430. The van der Waals surface area contributed by atoms with Crippen molar-refractivity contribution in [3.63, 3.8) is 0 Å². The number of aromatic nitrogens is 4. The Morgan fingerprint density at radius 3 is 2.73 bits per heavy atom. The van der Waals surface area contributed by atoms with Crippen LogP contribution in [0.1, 0.15) is 28.2 Å². The lowest BCUT2D eigenvalue weighted by Gasteiger charge is -2.07. The van der Waals surface area contributed by atoms with Crippen LogP contribution in [0.2, 0.25) is 5.15 Å².